The first-order valence-corrected chi connectivity index (χ1v) is 8.91. The van der Waals surface area contributed by atoms with Gasteiger partial charge in [0, 0.05) is 37.9 Å². The van der Waals surface area contributed by atoms with Crippen molar-refractivity contribution in [2.45, 2.75) is 51.1 Å². The van der Waals surface area contributed by atoms with Crippen molar-refractivity contribution in [3.05, 3.63) is 54.1 Å². The molecule has 3 rings (SSSR count). The summed E-state index contributed by atoms with van der Waals surface area (Å²) >= 11 is 0. The largest absolute Gasteiger partial charge is 0.370 e. The number of benzene rings is 1. The Kier molecular flexibility index (Phi) is 5.88. The molecule has 0 amide bonds. The van der Waals surface area contributed by atoms with Gasteiger partial charge in [-0.05, 0) is 18.4 Å². The van der Waals surface area contributed by atoms with Crippen molar-refractivity contribution in [2.75, 3.05) is 6.54 Å². The van der Waals surface area contributed by atoms with Crippen LogP contribution in [-0.2, 0) is 13.0 Å². The molecule has 0 atom stereocenters. The zero-order chi connectivity index (χ0) is 16.6. The fourth-order valence-corrected chi connectivity index (χ4v) is 3.27. The van der Waals surface area contributed by atoms with Crippen LogP contribution in [0.15, 0.2) is 47.7 Å². The standard InChI is InChI=1S/C19H27N5/c20-19(23-17-9-5-2-6-10-17)22-12-11-18-21-13-14-24(18)15-16-7-3-1-4-8-16/h1,3-4,7-8,13-14,17H,2,5-6,9-12,15H2,(H3,20,22,23). The number of guanidine groups is 1. The van der Waals surface area contributed by atoms with Gasteiger partial charge in [0.25, 0.3) is 0 Å². The molecule has 1 aliphatic rings. The topological polar surface area (TPSA) is 68.2 Å². The van der Waals surface area contributed by atoms with Gasteiger partial charge in [0.2, 0.25) is 0 Å². The lowest BCUT2D eigenvalue weighted by Crippen LogP contribution is -2.41. The quantitative estimate of drug-likeness (QED) is 0.634. The molecule has 1 saturated carbocycles. The molecule has 1 aromatic heterocycles. The Morgan fingerprint density at radius 2 is 2.00 bits per heavy atom. The van der Waals surface area contributed by atoms with Gasteiger partial charge >= 0.3 is 0 Å². The summed E-state index contributed by atoms with van der Waals surface area (Å²) in [6.07, 6.45) is 11.0. The highest BCUT2D eigenvalue weighted by atomic mass is 15.1. The Bertz CT molecular complexity index is 641. The molecular weight excluding hydrogens is 298 g/mol. The van der Waals surface area contributed by atoms with E-state index in [9.17, 15) is 0 Å². The van der Waals surface area contributed by atoms with E-state index in [1.54, 1.807) is 0 Å². The van der Waals surface area contributed by atoms with Crippen LogP contribution in [0.1, 0.15) is 43.5 Å². The monoisotopic (exact) mass is 325 g/mol. The maximum Gasteiger partial charge on any atom is 0.188 e. The summed E-state index contributed by atoms with van der Waals surface area (Å²) < 4.78 is 2.18. The Hall–Kier alpha value is -2.30. The van der Waals surface area contributed by atoms with Crippen LogP contribution >= 0.6 is 0 Å². The zero-order valence-corrected chi connectivity index (χ0v) is 14.2. The van der Waals surface area contributed by atoms with E-state index in [4.69, 9.17) is 5.73 Å². The minimum absolute atomic E-state index is 0.502. The molecule has 0 bridgehead atoms. The smallest absolute Gasteiger partial charge is 0.188 e. The number of nitrogens with zero attached hydrogens (tertiary/aromatic N) is 3. The molecular formula is C19H27N5. The normalized spacial score (nSPS) is 16.2. The van der Waals surface area contributed by atoms with Crippen molar-refractivity contribution in [2.24, 2.45) is 10.7 Å². The molecule has 0 radical (unpaired) electrons. The van der Waals surface area contributed by atoms with E-state index in [1.807, 2.05) is 18.5 Å². The summed E-state index contributed by atoms with van der Waals surface area (Å²) in [7, 11) is 0. The predicted octanol–water partition coefficient (Wildman–Crippen LogP) is 2.71. The van der Waals surface area contributed by atoms with Gasteiger partial charge in [-0.15, -0.1) is 0 Å². The highest BCUT2D eigenvalue weighted by Crippen LogP contribution is 2.17. The summed E-state index contributed by atoms with van der Waals surface area (Å²) in [5, 5.41) is 3.35. The maximum absolute atomic E-state index is 6.02. The van der Waals surface area contributed by atoms with Gasteiger partial charge in [-0.1, -0.05) is 49.6 Å². The van der Waals surface area contributed by atoms with E-state index in [0.717, 1.165) is 18.8 Å². The second kappa shape index (κ2) is 8.52. The van der Waals surface area contributed by atoms with Crippen LogP contribution in [0.3, 0.4) is 0 Å². The highest BCUT2D eigenvalue weighted by molar-refractivity contribution is 5.78. The number of nitrogens with two attached hydrogens (primary N) is 1. The highest BCUT2D eigenvalue weighted by Gasteiger charge is 2.13. The third kappa shape index (κ3) is 4.85. The fourth-order valence-electron chi connectivity index (χ4n) is 3.27. The Morgan fingerprint density at radius 3 is 2.79 bits per heavy atom. The first-order valence-electron chi connectivity index (χ1n) is 8.91. The first kappa shape index (κ1) is 16.6. The van der Waals surface area contributed by atoms with Crippen molar-refractivity contribution in [3.63, 3.8) is 0 Å². The lowest BCUT2D eigenvalue weighted by Gasteiger charge is -2.23. The van der Waals surface area contributed by atoms with Gasteiger partial charge in [0.05, 0.1) is 0 Å². The van der Waals surface area contributed by atoms with Gasteiger partial charge in [-0.3, -0.25) is 4.99 Å². The van der Waals surface area contributed by atoms with Crippen molar-refractivity contribution < 1.29 is 0 Å². The van der Waals surface area contributed by atoms with Gasteiger partial charge in [0.1, 0.15) is 5.82 Å². The minimum Gasteiger partial charge on any atom is -0.370 e. The number of aliphatic imine (C=N–C) groups is 1. The molecule has 2 aromatic rings. The molecule has 24 heavy (non-hydrogen) atoms. The SMILES string of the molecule is NC(=NCCc1nccn1Cc1ccccc1)NC1CCCCC1. The number of nitrogens with one attached hydrogen (secondary N) is 1. The van der Waals surface area contributed by atoms with Crippen LogP contribution in [0, 0.1) is 0 Å². The van der Waals surface area contributed by atoms with Crippen LogP contribution in [0.5, 0.6) is 0 Å². The minimum atomic E-state index is 0.502. The van der Waals surface area contributed by atoms with Crippen LogP contribution < -0.4 is 11.1 Å². The molecule has 1 heterocycles. The second-order valence-corrected chi connectivity index (χ2v) is 6.45. The molecule has 0 saturated heterocycles. The summed E-state index contributed by atoms with van der Waals surface area (Å²) in [5.74, 6) is 1.62. The zero-order valence-electron chi connectivity index (χ0n) is 14.2. The van der Waals surface area contributed by atoms with Crippen molar-refractivity contribution in [1.82, 2.24) is 14.9 Å². The van der Waals surface area contributed by atoms with Crippen LogP contribution in [0.2, 0.25) is 0 Å². The lowest BCUT2D eigenvalue weighted by molar-refractivity contribution is 0.412. The van der Waals surface area contributed by atoms with E-state index in [-0.39, 0.29) is 0 Å². The first-order chi connectivity index (χ1) is 11.8. The Morgan fingerprint density at radius 1 is 1.21 bits per heavy atom. The summed E-state index contributed by atoms with van der Waals surface area (Å²) in [6.45, 7) is 1.51. The summed E-state index contributed by atoms with van der Waals surface area (Å²) in [5.41, 5.74) is 7.29. The molecule has 0 unspecified atom stereocenters. The molecule has 1 aromatic carbocycles. The number of hydrogen-bond acceptors (Lipinski definition) is 2. The van der Waals surface area contributed by atoms with Gasteiger partial charge in [0.15, 0.2) is 5.96 Å². The van der Waals surface area contributed by atoms with Gasteiger partial charge in [-0.25, -0.2) is 4.98 Å². The molecule has 5 nitrogen and oxygen atoms in total. The average molecular weight is 325 g/mol. The molecule has 0 spiro atoms. The van der Waals surface area contributed by atoms with Crippen molar-refractivity contribution in [3.8, 4) is 0 Å². The Labute approximate surface area is 144 Å². The van der Waals surface area contributed by atoms with E-state index >= 15 is 0 Å². The van der Waals surface area contributed by atoms with E-state index in [0.29, 0.717) is 18.5 Å². The van der Waals surface area contributed by atoms with E-state index in [1.165, 1.54) is 37.7 Å². The molecule has 0 aliphatic heterocycles. The number of hydrogen-bond donors (Lipinski definition) is 2. The van der Waals surface area contributed by atoms with Crippen LogP contribution in [-0.4, -0.2) is 28.1 Å². The average Bonchev–Trinajstić information content (AvgIpc) is 3.04. The molecule has 1 aliphatic carbocycles. The van der Waals surface area contributed by atoms with Crippen LogP contribution in [0.4, 0.5) is 0 Å². The second-order valence-electron chi connectivity index (χ2n) is 6.45. The van der Waals surface area contributed by atoms with Crippen molar-refractivity contribution in [1.29, 1.82) is 0 Å². The van der Waals surface area contributed by atoms with Gasteiger partial charge in [-0.2, -0.15) is 0 Å². The van der Waals surface area contributed by atoms with E-state index < -0.39 is 0 Å². The molecule has 3 N–H and O–H groups in total. The van der Waals surface area contributed by atoms with Gasteiger partial charge < -0.3 is 15.6 Å². The predicted molar refractivity (Wildman–Crippen MR) is 98.0 cm³/mol. The number of imidazole rings is 1. The van der Waals surface area contributed by atoms with E-state index in [2.05, 4.69) is 44.1 Å². The molecule has 5 heteroatoms. The fraction of sp³-hybridized carbons (Fsp3) is 0.474. The molecule has 128 valence electrons. The maximum atomic E-state index is 6.02. The van der Waals surface area contributed by atoms with Crippen LogP contribution in [0.25, 0.3) is 0 Å². The number of aromatic nitrogens is 2. The van der Waals surface area contributed by atoms with Crippen molar-refractivity contribution >= 4 is 5.96 Å². The third-order valence-electron chi connectivity index (χ3n) is 4.57. The lowest BCUT2D eigenvalue weighted by atomic mass is 9.96. The molecule has 1 fully saturated rings. The Balaban J connectivity index is 1.49. The summed E-state index contributed by atoms with van der Waals surface area (Å²) in [4.78, 5) is 8.93. The summed E-state index contributed by atoms with van der Waals surface area (Å²) in [6, 6.07) is 10.9. The number of rotatable bonds is 6. The third-order valence-corrected chi connectivity index (χ3v) is 4.57.